The van der Waals surface area contributed by atoms with Crippen LogP contribution in [0.3, 0.4) is 0 Å². The summed E-state index contributed by atoms with van der Waals surface area (Å²) in [5, 5.41) is 11.9. The van der Waals surface area contributed by atoms with E-state index in [1.165, 1.54) is 5.56 Å². The molecule has 3 heterocycles. The Morgan fingerprint density at radius 2 is 1.92 bits per heavy atom. The Morgan fingerprint density at radius 3 is 2.58 bits per heavy atom. The number of carboxylic acids is 1. The molecule has 1 amide bonds. The number of thiophene rings is 1. The Bertz CT molecular complexity index is 793. The second kappa shape index (κ2) is 6.85. The summed E-state index contributed by atoms with van der Waals surface area (Å²) >= 11 is 1.57. The third-order valence-corrected chi connectivity index (χ3v) is 6.49. The summed E-state index contributed by atoms with van der Waals surface area (Å²) in [6, 6.07) is 14.0. The van der Waals surface area contributed by atoms with Crippen molar-refractivity contribution >= 4 is 23.2 Å². The molecule has 1 unspecified atom stereocenters. The van der Waals surface area contributed by atoms with Crippen molar-refractivity contribution in [3.8, 4) is 0 Å². The summed E-state index contributed by atoms with van der Waals surface area (Å²) in [7, 11) is 0. The van der Waals surface area contributed by atoms with Gasteiger partial charge in [-0.15, -0.1) is 11.3 Å². The number of hydrogen-bond acceptors (Lipinski definition) is 4. The quantitative estimate of drug-likeness (QED) is 0.878. The van der Waals surface area contributed by atoms with Crippen molar-refractivity contribution in [2.24, 2.45) is 11.3 Å². The maximum atomic E-state index is 12.6. The van der Waals surface area contributed by atoms with E-state index in [0.29, 0.717) is 26.1 Å². The highest BCUT2D eigenvalue weighted by Gasteiger charge is 2.58. The first-order chi connectivity index (χ1) is 12.6. The van der Waals surface area contributed by atoms with Crippen molar-refractivity contribution in [2.45, 2.75) is 13.0 Å². The highest BCUT2D eigenvalue weighted by Crippen LogP contribution is 2.43. The van der Waals surface area contributed by atoms with Gasteiger partial charge in [-0.3, -0.25) is 14.5 Å². The maximum Gasteiger partial charge on any atom is 0.313 e. The molecule has 5 nitrogen and oxygen atoms in total. The molecule has 6 heteroatoms. The second-order valence-corrected chi connectivity index (χ2v) is 8.38. The van der Waals surface area contributed by atoms with Crippen LogP contribution in [0.5, 0.6) is 0 Å². The summed E-state index contributed by atoms with van der Waals surface area (Å²) in [6.45, 7) is 2.86. The summed E-state index contributed by atoms with van der Waals surface area (Å²) in [5.41, 5.74) is 0.360. The van der Waals surface area contributed by atoms with Crippen LogP contribution in [-0.2, 0) is 22.6 Å². The molecular weight excluding hydrogens is 348 g/mol. The Morgan fingerprint density at radius 1 is 1.12 bits per heavy atom. The van der Waals surface area contributed by atoms with Crippen LogP contribution in [0.1, 0.15) is 10.4 Å². The molecule has 2 aromatic rings. The monoisotopic (exact) mass is 370 g/mol. The van der Waals surface area contributed by atoms with Crippen LogP contribution in [0.15, 0.2) is 47.8 Å². The van der Waals surface area contributed by atoms with Gasteiger partial charge in [0.15, 0.2) is 0 Å². The van der Waals surface area contributed by atoms with Crippen LogP contribution < -0.4 is 0 Å². The number of rotatable bonds is 5. The molecule has 0 radical (unpaired) electrons. The van der Waals surface area contributed by atoms with Crippen molar-refractivity contribution in [1.82, 2.24) is 9.80 Å². The molecule has 1 N–H and O–H groups in total. The van der Waals surface area contributed by atoms with Gasteiger partial charge < -0.3 is 10.0 Å². The average molecular weight is 370 g/mol. The normalized spacial score (nSPS) is 25.4. The molecule has 0 bridgehead atoms. The average Bonchev–Trinajstić information content (AvgIpc) is 3.30. The van der Waals surface area contributed by atoms with Gasteiger partial charge in [0.1, 0.15) is 5.41 Å². The largest absolute Gasteiger partial charge is 0.481 e. The summed E-state index contributed by atoms with van der Waals surface area (Å²) in [4.78, 5) is 29.7. The maximum absolute atomic E-state index is 12.6. The number of aliphatic carboxylic acids is 1. The summed E-state index contributed by atoms with van der Waals surface area (Å²) in [6.07, 6.45) is 0.369. The highest BCUT2D eigenvalue weighted by molar-refractivity contribution is 7.10. The van der Waals surface area contributed by atoms with Gasteiger partial charge in [0.25, 0.3) is 0 Å². The van der Waals surface area contributed by atoms with E-state index in [9.17, 15) is 14.7 Å². The molecule has 2 aliphatic rings. The van der Waals surface area contributed by atoms with E-state index in [1.807, 2.05) is 35.7 Å². The zero-order valence-corrected chi connectivity index (χ0v) is 15.3. The molecule has 26 heavy (non-hydrogen) atoms. The Kier molecular flexibility index (Phi) is 4.54. The van der Waals surface area contributed by atoms with Gasteiger partial charge in [0.2, 0.25) is 5.91 Å². The van der Waals surface area contributed by atoms with Gasteiger partial charge >= 0.3 is 5.97 Å². The lowest BCUT2D eigenvalue weighted by molar-refractivity contribution is -0.149. The molecular formula is C20H22N2O3S. The lowest BCUT2D eigenvalue weighted by atomic mass is 9.81. The first-order valence-corrected chi connectivity index (χ1v) is 9.75. The molecule has 136 valence electrons. The van der Waals surface area contributed by atoms with E-state index in [0.717, 1.165) is 18.0 Å². The lowest BCUT2D eigenvalue weighted by Crippen LogP contribution is -2.42. The Hall–Kier alpha value is -2.18. The van der Waals surface area contributed by atoms with Gasteiger partial charge in [-0.1, -0.05) is 36.4 Å². The van der Waals surface area contributed by atoms with Gasteiger partial charge in [0, 0.05) is 43.5 Å². The molecule has 0 aliphatic carbocycles. The number of carboxylic acid groups (broad SMARTS) is 1. The molecule has 4 rings (SSSR count). The number of carbonyl (C=O) groups excluding carboxylic acids is 1. The fourth-order valence-corrected chi connectivity index (χ4v) is 4.99. The Labute approximate surface area is 156 Å². The minimum atomic E-state index is -0.833. The highest BCUT2D eigenvalue weighted by atomic mass is 32.1. The first-order valence-electron chi connectivity index (χ1n) is 8.87. The van der Waals surface area contributed by atoms with E-state index in [4.69, 9.17) is 0 Å². The van der Waals surface area contributed by atoms with Crippen LogP contribution in [-0.4, -0.2) is 53.0 Å². The van der Waals surface area contributed by atoms with Crippen molar-refractivity contribution < 1.29 is 14.7 Å². The molecule has 2 fully saturated rings. The molecule has 2 saturated heterocycles. The van der Waals surface area contributed by atoms with Crippen LogP contribution in [0, 0.1) is 11.3 Å². The third kappa shape index (κ3) is 3.15. The fraction of sp³-hybridized carbons (Fsp3) is 0.400. The van der Waals surface area contributed by atoms with E-state index in [1.54, 1.807) is 16.2 Å². The minimum absolute atomic E-state index is 0.00371. The molecule has 2 atom stereocenters. The number of nitrogens with zero attached hydrogens (tertiary/aromatic N) is 2. The number of fused-ring (bicyclic) bond motifs is 1. The predicted molar refractivity (Wildman–Crippen MR) is 99.9 cm³/mol. The van der Waals surface area contributed by atoms with Gasteiger partial charge in [0.05, 0.1) is 6.42 Å². The van der Waals surface area contributed by atoms with Crippen molar-refractivity contribution in [1.29, 1.82) is 0 Å². The summed E-state index contributed by atoms with van der Waals surface area (Å²) in [5.74, 6) is -0.738. The van der Waals surface area contributed by atoms with E-state index < -0.39 is 11.4 Å². The van der Waals surface area contributed by atoms with Crippen LogP contribution in [0.25, 0.3) is 0 Å². The number of amides is 1. The van der Waals surface area contributed by atoms with Crippen molar-refractivity contribution in [2.75, 3.05) is 26.2 Å². The topological polar surface area (TPSA) is 60.9 Å². The summed E-state index contributed by atoms with van der Waals surface area (Å²) < 4.78 is 0. The zero-order valence-electron chi connectivity index (χ0n) is 14.5. The predicted octanol–water partition coefficient (Wildman–Crippen LogP) is 2.34. The van der Waals surface area contributed by atoms with Gasteiger partial charge in [-0.25, -0.2) is 0 Å². The van der Waals surface area contributed by atoms with Crippen molar-refractivity contribution in [3.05, 3.63) is 58.3 Å². The number of hydrogen-bond donors (Lipinski definition) is 1. The van der Waals surface area contributed by atoms with E-state index in [-0.39, 0.29) is 11.8 Å². The first kappa shape index (κ1) is 17.2. The molecule has 0 saturated carbocycles. The van der Waals surface area contributed by atoms with Crippen LogP contribution >= 0.6 is 11.3 Å². The van der Waals surface area contributed by atoms with E-state index >= 15 is 0 Å². The van der Waals surface area contributed by atoms with E-state index in [2.05, 4.69) is 17.0 Å². The molecule has 1 aromatic heterocycles. The van der Waals surface area contributed by atoms with Crippen LogP contribution in [0.4, 0.5) is 0 Å². The molecule has 1 aromatic carbocycles. The number of carbonyl (C=O) groups is 2. The second-order valence-electron chi connectivity index (χ2n) is 7.34. The Balaban J connectivity index is 1.45. The van der Waals surface area contributed by atoms with Crippen molar-refractivity contribution in [3.63, 3.8) is 0 Å². The van der Waals surface area contributed by atoms with Gasteiger partial charge in [-0.2, -0.15) is 0 Å². The minimum Gasteiger partial charge on any atom is -0.481 e. The zero-order chi connectivity index (χ0) is 18.1. The molecule has 0 spiro atoms. The number of likely N-dealkylation sites (tertiary alicyclic amines) is 2. The lowest BCUT2D eigenvalue weighted by Gasteiger charge is -2.25. The fourth-order valence-electron chi connectivity index (χ4n) is 4.30. The smallest absolute Gasteiger partial charge is 0.313 e. The van der Waals surface area contributed by atoms with Crippen LogP contribution in [0.2, 0.25) is 0 Å². The standard InChI is InChI=1S/C20H22N2O3S/c23-18(9-17-7-4-8-26-17)22-12-16-11-21(10-15-5-2-1-3-6-15)13-20(16,14-22)19(24)25/h1-8,16H,9-14H2,(H,24,25)/t16?,20-/m0/s1. The SMILES string of the molecule is O=C(Cc1cccs1)N1CC2CN(Cc3ccccc3)C[C@]2(C(=O)O)C1. The molecule has 2 aliphatic heterocycles. The van der Waals surface area contributed by atoms with Gasteiger partial charge in [-0.05, 0) is 17.0 Å². The number of benzene rings is 1. The third-order valence-electron chi connectivity index (χ3n) is 5.61.